The van der Waals surface area contributed by atoms with Gasteiger partial charge < -0.3 is 19.9 Å². The third kappa shape index (κ3) is 5.41. The predicted molar refractivity (Wildman–Crippen MR) is 150 cm³/mol. The first kappa shape index (κ1) is 25.1. The van der Waals surface area contributed by atoms with Gasteiger partial charge in [-0.15, -0.1) is 6.42 Å². The Morgan fingerprint density at radius 2 is 1.76 bits per heavy atom. The van der Waals surface area contributed by atoms with E-state index < -0.39 is 0 Å². The summed E-state index contributed by atoms with van der Waals surface area (Å²) in [4.78, 5) is 14.1. The van der Waals surface area contributed by atoms with Crippen LogP contribution >= 0.6 is 0 Å². The van der Waals surface area contributed by atoms with Crippen LogP contribution in [0.4, 0.5) is 5.82 Å². The molecule has 0 radical (unpaired) electrons. The lowest BCUT2D eigenvalue weighted by molar-refractivity contribution is 0.0828. The smallest absolute Gasteiger partial charge is 0.146 e. The zero-order chi connectivity index (χ0) is 25.8. The molecule has 2 N–H and O–H groups in total. The number of fused-ring (bicyclic) bond motifs is 1. The van der Waals surface area contributed by atoms with Crippen LogP contribution in [0.25, 0.3) is 22.2 Å². The fourth-order valence-electron chi connectivity index (χ4n) is 5.65. The monoisotopic (exact) mass is 496 g/mol. The number of hydrogen-bond donors (Lipinski definition) is 1. The first-order valence-corrected chi connectivity index (χ1v) is 13.2. The number of nitrogens with zero attached hydrogens (tertiary/aromatic N) is 5. The molecular formula is C30H36N6O. The molecule has 3 heterocycles. The lowest BCUT2D eigenvalue weighted by atomic mass is 9.89. The highest BCUT2D eigenvalue weighted by Gasteiger charge is 2.29. The number of piperazine rings is 1. The average molecular weight is 497 g/mol. The molecule has 1 aromatic carbocycles. The summed E-state index contributed by atoms with van der Waals surface area (Å²) in [7, 11) is 2.22. The molecule has 1 saturated carbocycles. The van der Waals surface area contributed by atoms with E-state index in [1.807, 2.05) is 25.1 Å². The zero-order valence-electron chi connectivity index (χ0n) is 21.8. The van der Waals surface area contributed by atoms with E-state index in [-0.39, 0.29) is 0 Å². The van der Waals surface area contributed by atoms with Gasteiger partial charge in [-0.25, -0.2) is 9.97 Å². The van der Waals surface area contributed by atoms with E-state index in [4.69, 9.17) is 16.9 Å². The van der Waals surface area contributed by atoms with Gasteiger partial charge in [0.05, 0.1) is 5.39 Å². The van der Waals surface area contributed by atoms with Crippen LogP contribution in [0.5, 0.6) is 5.75 Å². The quantitative estimate of drug-likeness (QED) is 0.298. The summed E-state index contributed by atoms with van der Waals surface area (Å²) in [6, 6.07) is 9.15. The Morgan fingerprint density at radius 3 is 2.43 bits per heavy atom. The summed E-state index contributed by atoms with van der Waals surface area (Å²) in [6.45, 7) is 6.62. The molecule has 0 atom stereocenters. The van der Waals surface area contributed by atoms with Gasteiger partial charge in [0.2, 0.25) is 0 Å². The molecule has 7 heteroatoms. The Morgan fingerprint density at radius 1 is 1.05 bits per heavy atom. The van der Waals surface area contributed by atoms with Gasteiger partial charge in [-0.05, 0) is 75.6 Å². The van der Waals surface area contributed by atoms with E-state index in [0.29, 0.717) is 23.7 Å². The van der Waals surface area contributed by atoms with Gasteiger partial charge in [0.25, 0.3) is 0 Å². The van der Waals surface area contributed by atoms with Crippen molar-refractivity contribution < 1.29 is 4.74 Å². The van der Waals surface area contributed by atoms with Gasteiger partial charge in [-0.3, -0.25) is 4.90 Å². The van der Waals surface area contributed by atoms with Crippen LogP contribution < -0.4 is 10.5 Å². The first-order chi connectivity index (χ1) is 18.1. The number of allylic oxidation sites excluding steroid dienone is 3. The minimum atomic E-state index is 0.414. The molecule has 1 aliphatic carbocycles. The van der Waals surface area contributed by atoms with E-state index in [0.717, 1.165) is 40.8 Å². The summed E-state index contributed by atoms with van der Waals surface area (Å²) in [5, 5.41) is 0.920. The number of aromatic nitrogens is 3. The second-order valence-electron chi connectivity index (χ2n) is 10.0. The number of benzene rings is 1. The fourth-order valence-corrected chi connectivity index (χ4v) is 5.65. The van der Waals surface area contributed by atoms with Crippen LogP contribution in [0, 0.1) is 12.3 Å². The van der Waals surface area contributed by atoms with Crippen molar-refractivity contribution in [1.29, 1.82) is 0 Å². The number of ether oxygens (including phenoxy) is 1. The summed E-state index contributed by atoms with van der Waals surface area (Å²) < 4.78 is 8.29. The normalized spacial score (nSPS) is 21.9. The largest absolute Gasteiger partial charge is 0.458 e. The molecule has 37 heavy (non-hydrogen) atoms. The van der Waals surface area contributed by atoms with Crippen molar-refractivity contribution in [2.75, 3.05) is 39.0 Å². The second-order valence-corrected chi connectivity index (χ2v) is 10.0. The number of terminal acetylenes is 1. The molecule has 2 aliphatic rings. The summed E-state index contributed by atoms with van der Waals surface area (Å²) in [5.41, 5.74) is 9.43. The van der Waals surface area contributed by atoms with Crippen molar-refractivity contribution in [1.82, 2.24) is 24.3 Å². The summed E-state index contributed by atoms with van der Waals surface area (Å²) in [6.07, 6.45) is 19.1. The molecule has 0 spiro atoms. The van der Waals surface area contributed by atoms with Crippen LogP contribution in [0.1, 0.15) is 38.6 Å². The van der Waals surface area contributed by atoms with Crippen molar-refractivity contribution in [3.8, 4) is 29.2 Å². The van der Waals surface area contributed by atoms with Crippen molar-refractivity contribution >= 4 is 16.9 Å². The second kappa shape index (κ2) is 11.2. The average Bonchev–Trinajstić information content (AvgIpc) is 3.33. The lowest BCUT2D eigenvalue weighted by Gasteiger charge is -2.41. The molecule has 1 aliphatic heterocycles. The SMILES string of the molecule is C#C/C=C\C(=C/C)Oc1ccc(-c2cn([C@H]3CC[C@H](N4CCN(C)CC4)CC3)c3ncnc(N)c23)cc1. The van der Waals surface area contributed by atoms with Gasteiger partial charge in [-0.2, -0.15) is 0 Å². The van der Waals surface area contributed by atoms with Crippen LogP contribution in [0.3, 0.4) is 0 Å². The maximum Gasteiger partial charge on any atom is 0.146 e. The van der Waals surface area contributed by atoms with Gasteiger partial charge in [0.15, 0.2) is 0 Å². The van der Waals surface area contributed by atoms with Crippen LogP contribution in [-0.2, 0) is 0 Å². The number of nitrogens with two attached hydrogens (primary N) is 1. The van der Waals surface area contributed by atoms with Gasteiger partial charge in [-0.1, -0.05) is 18.1 Å². The third-order valence-electron chi connectivity index (χ3n) is 7.78. The predicted octanol–water partition coefficient (Wildman–Crippen LogP) is 4.88. The third-order valence-corrected chi connectivity index (χ3v) is 7.78. The van der Waals surface area contributed by atoms with Gasteiger partial charge in [0.1, 0.15) is 29.3 Å². The molecule has 0 amide bonds. The molecule has 1 saturated heterocycles. The number of anilines is 1. The first-order valence-electron chi connectivity index (χ1n) is 13.2. The van der Waals surface area contributed by atoms with Crippen molar-refractivity contribution in [3.63, 3.8) is 0 Å². The summed E-state index contributed by atoms with van der Waals surface area (Å²) >= 11 is 0. The highest BCUT2D eigenvalue weighted by Crippen LogP contribution is 2.39. The fraction of sp³-hybridized carbons (Fsp3) is 0.400. The number of hydrogen-bond acceptors (Lipinski definition) is 6. The number of likely N-dealkylation sites (N-methyl/N-ethyl adjacent to an activating group) is 1. The Bertz CT molecular complexity index is 1320. The molecule has 0 bridgehead atoms. The van der Waals surface area contributed by atoms with Crippen molar-refractivity contribution in [2.45, 2.75) is 44.7 Å². The Balaban J connectivity index is 1.37. The molecule has 3 aromatic rings. The summed E-state index contributed by atoms with van der Waals surface area (Å²) in [5.74, 6) is 4.45. The maximum atomic E-state index is 6.40. The highest BCUT2D eigenvalue weighted by molar-refractivity contribution is 6.00. The molecule has 192 valence electrons. The van der Waals surface area contributed by atoms with Crippen LogP contribution in [0.15, 0.2) is 60.8 Å². The molecule has 2 fully saturated rings. The minimum Gasteiger partial charge on any atom is -0.458 e. The maximum absolute atomic E-state index is 6.40. The van der Waals surface area contributed by atoms with Crippen LogP contribution in [0.2, 0.25) is 0 Å². The standard InChI is InChI=1S/C30H36N6O/c1-4-6-7-25(5-2)37-26-14-8-22(9-15-26)27-20-36(30-28(27)29(31)32-21-33-30)24-12-10-23(11-13-24)35-18-16-34(3)17-19-35/h1,5-9,14-15,20-21,23-24H,10-13,16-19H2,2-3H3,(H2,31,32,33)/b7-6-,25-5+/t23-,24-. The van der Waals surface area contributed by atoms with Crippen molar-refractivity contribution in [3.05, 3.63) is 60.8 Å². The molecule has 2 aromatic heterocycles. The molecule has 0 unspecified atom stereocenters. The molecule has 5 rings (SSSR count). The van der Waals surface area contributed by atoms with Gasteiger partial charge >= 0.3 is 0 Å². The Hall–Kier alpha value is -3.60. The lowest BCUT2D eigenvalue weighted by Crippen LogP contribution is -2.49. The molecule has 7 nitrogen and oxygen atoms in total. The number of nitrogen functional groups attached to an aromatic ring is 1. The zero-order valence-corrected chi connectivity index (χ0v) is 21.8. The number of rotatable bonds is 6. The van der Waals surface area contributed by atoms with E-state index >= 15 is 0 Å². The van der Waals surface area contributed by atoms with Gasteiger partial charge in [0, 0.05) is 50.0 Å². The van der Waals surface area contributed by atoms with E-state index in [1.54, 1.807) is 18.5 Å². The Labute approximate surface area is 219 Å². The highest BCUT2D eigenvalue weighted by atomic mass is 16.5. The van der Waals surface area contributed by atoms with Crippen molar-refractivity contribution in [2.24, 2.45) is 0 Å². The van der Waals surface area contributed by atoms with E-state index in [2.05, 4.69) is 55.6 Å². The van der Waals surface area contributed by atoms with Crippen LogP contribution in [-0.4, -0.2) is 63.6 Å². The van der Waals surface area contributed by atoms with E-state index in [9.17, 15) is 0 Å². The topological polar surface area (TPSA) is 72.4 Å². The Kier molecular flexibility index (Phi) is 7.59. The minimum absolute atomic E-state index is 0.414. The molecular weight excluding hydrogens is 460 g/mol. The van der Waals surface area contributed by atoms with E-state index in [1.165, 1.54) is 39.0 Å².